The summed E-state index contributed by atoms with van der Waals surface area (Å²) >= 11 is 1.49. The van der Waals surface area contributed by atoms with Gasteiger partial charge in [0.2, 0.25) is 16.0 Å². The van der Waals surface area contributed by atoms with Crippen LogP contribution in [0.5, 0.6) is 0 Å². The van der Waals surface area contributed by atoms with E-state index in [2.05, 4.69) is 20.4 Å². The Kier molecular flexibility index (Phi) is 7.58. The fraction of sp³-hybridized carbons (Fsp3) is 0.200. The van der Waals surface area contributed by atoms with Crippen LogP contribution < -0.4 is 10.9 Å². The molecule has 1 amide bonds. The number of nitrogens with zero attached hydrogens (tertiary/aromatic N) is 4. The lowest BCUT2D eigenvalue weighted by molar-refractivity contribution is 0.102. The van der Waals surface area contributed by atoms with E-state index in [1.165, 1.54) is 44.6 Å². The number of benzene rings is 2. The van der Waals surface area contributed by atoms with E-state index < -0.39 is 15.9 Å². The first kappa shape index (κ1) is 27.8. The van der Waals surface area contributed by atoms with Crippen LogP contribution in [0.4, 0.5) is 5.82 Å². The summed E-state index contributed by atoms with van der Waals surface area (Å²) in [6.45, 7) is 2.78. The number of hydrogen-bond acceptors (Lipinski definition) is 7. The Balaban J connectivity index is 1.31. The summed E-state index contributed by atoms with van der Waals surface area (Å²) in [5.74, 6) is 0.00811. The molecule has 0 atom stereocenters. The minimum Gasteiger partial charge on any atom is -0.306 e. The number of aryl methyl sites for hydroxylation is 1. The Morgan fingerprint density at radius 3 is 2.43 bits per heavy atom. The molecule has 0 spiro atoms. The van der Waals surface area contributed by atoms with Gasteiger partial charge in [0.05, 0.1) is 15.5 Å². The van der Waals surface area contributed by atoms with Crippen LogP contribution in [0.1, 0.15) is 40.0 Å². The Morgan fingerprint density at radius 1 is 1.02 bits per heavy atom. The maximum atomic E-state index is 13.3. The summed E-state index contributed by atoms with van der Waals surface area (Å²) < 4.78 is 28.6. The molecule has 3 aromatic heterocycles. The van der Waals surface area contributed by atoms with Crippen molar-refractivity contribution in [1.82, 2.24) is 24.1 Å². The average molecular weight is 601 g/mol. The van der Waals surface area contributed by atoms with Crippen molar-refractivity contribution in [2.75, 3.05) is 18.4 Å². The molecule has 0 radical (unpaired) electrons. The van der Waals surface area contributed by atoms with Gasteiger partial charge in [-0.15, -0.1) is 11.3 Å². The molecule has 0 saturated carbocycles. The maximum Gasteiger partial charge on any atom is 0.256 e. The van der Waals surface area contributed by atoms with E-state index >= 15 is 0 Å². The van der Waals surface area contributed by atoms with Crippen molar-refractivity contribution < 1.29 is 13.2 Å². The van der Waals surface area contributed by atoms with E-state index in [0.717, 1.165) is 23.3 Å². The molecule has 1 fully saturated rings. The standard InChI is InChI=1S/C30H28N6O4S2/c1-20-24(18-21-8-3-2-4-9-21)29(38)33-30(31-20)36-27(19-25(34-36)26-10-7-17-41-26)32-28(37)22-11-13-23(14-12-22)42(39,40)35-15-5-6-16-35/h2-4,7-14,17,19H,5-6,15-16,18H2,1H3,(H,32,37)(H,31,33,38). The quantitative estimate of drug-likeness (QED) is 0.267. The summed E-state index contributed by atoms with van der Waals surface area (Å²) in [4.78, 5) is 35.0. The fourth-order valence-electron chi connectivity index (χ4n) is 4.92. The zero-order valence-electron chi connectivity index (χ0n) is 22.8. The molecular weight excluding hydrogens is 573 g/mol. The number of amides is 1. The van der Waals surface area contributed by atoms with Crippen molar-refractivity contribution in [2.45, 2.75) is 31.1 Å². The molecule has 1 aliphatic heterocycles. The number of carbonyl (C=O) groups is 1. The normalized spacial score (nSPS) is 13.8. The Labute approximate surface area is 246 Å². The third kappa shape index (κ3) is 5.56. The number of rotatable bonds is 8. The van der Waals surface area contributed by atoms with Crippen LogP contribution in [-0.4, -0.2) is 51.5 Å². The van der Waals surface area contributed by atoms with Gasteiger partial charge in [-0.1, -0.05) is 36.4 Å². The minimum atomic E-state index is -3.59. The summed E-state index contributed by atoms with van der Waals surface area (Å²) in [5.41, 5.74) is 2.68. The smallest absolute Gasteiger partial charge is 0.256 e. The number of anilines is 1. The topological polar surface area (TPSA) is 130 Å². The van der Waals surface area contributed by atoms with Crippen molar-refractivity contribution in [3.05, 3.63) is 111 Å². The van der Waals surface area contributed by atoms with Gasteiger partial charge in [0.15, 0.2) is 0 Å². The van der Waals surface area contributed by atoms with Crippen LogP contribution >= 0.6 is 11.3 Å². The van der Waals surface area contributed by atoms with E-state index in [-0.39, 0.29) is 22.0 Å². The van der Waals surface area contributed by atoms with E-state index in [1.807, 2.05) is 47.8 Å². The predicted octanol–water partition coefficient (Wildman–Crippen LogP) is 4.62. The van der Waals surface area contributed by atoms with Crippen LogP contribution in [-0.2, 0) is 16.4 Å². The van der Waals surface area contributed by atoms with Crippen LogP contribution in [0.15, 0.2) is 87.9 Å². The fourth-order valence-corrected chi connectivity index (χ4v) is 7.12. The second kappa shape index (κ2) is 11.5. The second-order valence-electron chi connectivity index (χ2n) is 10.0. The highest BCUT2D eigenvalue weighted by Gasteiger charge is 2.27. The highest BCUT2D eigenvalue weighted by molar-refractivity contribution is 7.89. The SMILES string of the molecule is Cc1nc(-n2nc(-c3cccs3)cc2NC(=O)c2ccc(S(=O)(=O)N3CCCC3)cc2)[nH]c(=O)c1Cc1ccccc1. The molecule has 1 saturated heterocycles. The molecule has 2 aromatic carbocycles. The Bertz CT molecular complexity index is 1890. The number of carbonyl (C=O) groups excluding carboxylic acids is 1. The lowest BCUT2D eigenvalue weighted by Crippen LogP contribution is -2.27. The van der Waals surface area contributed by atoms with E-state index in [0.29, 0.717) is 42.3 Å². The van der Waals surface area contributed by atoms with Crippen LogP contribution in [0.3, 0.4) is 0 Å². The number of sulfonamides is 1. The largest absolute Gasteiger partial charge is 0.306 e. The van der Waals surface area contributed by atoms with Crippen LogP contribution in [0.2, 0.25) is 0 Å². The number of hydrogen-bond donors (Lipinski definition) is 2. The van der Waals surface area contributed by atoms with E-state index in [9.17, 15) is 18.0 Å². The molecule has 0 unspecified atom stereocenters. The monoisotopic (exact) mass is 600 g/mol. The Morgan fingerprint density at radius 2 is 1.76 bits per heavy atom. The van der Waals surface area contributed by atoms with Crippen molar-refractivity contribution in [1.29, 1.82) is 0 Å². The zero-order valence-corrected chi connectivity index (χ0v) is 24.4. The van der Waals surface area contributed by atoms with Crippen molar-refractivity contribution in [2.24, 2.45) is 0 Å². The molecule has 10 nitrogen and oxygen atoms in total. The number of H-pyrrole nitrogens is 1. The number of aromatic amines is 1. The van der Waals surface area contributed by atoms with Gasteiger partial charge in [-0.25, -0.2) is 13.4 Å². The highest BCUT2D eigenvalue weighted by Crippen LogP contribution is 2.28. The number of aromatic nitrogens is 4. The second-order valence-corrected chi connectivity index (χ2v) is 12.9. The van der Waals surface area contributed by atoms with Gasteiger partial charge >= 0.3 is 0 Å². The molecule has 6 rings (SSSR count). The van der Waals surface area contributed by atoms with Crippen LogP contribution in [0, 0.1) is 6.92 Å². The van der Waals surface area contributed by atoms with Crippen molar-refractivity contribution in [3.8, 4) is 16.5 Å². The van der Waals surface area contributed by atoms with Gasteiger partial charge in [0.1, 0.15) is 11.5 Å². The lowest BCUT2D eigenvalue weighted by Gasteiger charge is -2.15. The van der Waals surface area contributed by atoms with Gasteiger partial charge < -0.3 is 5.32 Å². The molecule has 0 bridgehead atoms. The number of thiophene rings is 1. The van der Waals surface area contributed by atoms with Gasteiger partial charge in [0.25, 0.3) is 11.5 Å². The van der Waals surface area contributed by atoms with Gasteiger partial charge in [-0.2, -0.15) is 14.1 Å². The highest BCUT2D eigenvalue weighted by atomic mass is 32.2. The third-order valence-electron chi connectivity index (χ3n) is 7.18. The zero-order chi connectivity index (χ0) is 29.3. The van der Waals surface area contributed by atoms with E-state index in [1.54, 1.807) is 13.0 Å². The third-order valence-corrected chi connectivity index (χ3v) is 9.98. The molecule has 214 valence electrons. The first-order chi connectivity index (χ1) is 20.3. The first-order valence-corrected chi connectivity index (χ1v) is 15.8. The molecule has 42 heavy (non-hydrogen) atoms. The lowest BCUT2D eigenvalue weighted by atomic mass is 10.1. The average Bonchev–Trinajstić information content (AvgIpc) is 3.78. The predicted molar refractivity (Wildman–Crippen MR) is 162 cm³/mol. The molecule has 1 aliphatic rings. The summed E-state index contributed by atoms with van der Waals surface area (Å²) in [6, 6.07) is 21.1. The van der Waals surface area contributed by atoms with E-state index in [4.69, 9.17) is 0 Å². The van der Waals surface area contributed by atoms with Gasteiger partial charge in [-0.05, 0) is 61.0 Å². The molecule has 0 aliphatic carbocycles. The Hall–Kier alpha value is -4.39. The first-order valence-electron chi connectivity index (χ1n) is 13.5. The number of nitrogens with one attached hydrogen (secondary N) is 2. The molecule has 4 heterocycles. The van der Waals surface area contributed by atoms with Gasteiger partial charge in [0, 0.05) is 36.7 Å². The summed E-state index contributed by atoms with van der Waals surface area (Å²) in [7, 11) is -3.59. The maximum absolute atomic E-state index is 13.3. The van der Waals surface area contributed by atoms with Crippen molar-refractivity contribution in [3.63, 3.8) is 0 Å². The van der Waals surface area contributed by atoms with Gasteiger partial charge in [-0.3, -0.25) is 14.6 Å². The molecule has 5 aromatic rings. The minimum absolute atomic E-state index is 0.152. The molecule has 2 N–H and O–H groups in total. The summed E-state index contributed by atoms with van der Waals surface area (Å²) in [6.07, 6.45) is 2.12. The molecular formula is C30H28N6O4S2. The van der Waals surface area contributed by atoms with Crippen LogP contribution in [0.25, 0.3) is 16.5 Å². The van der Waals surface area contributed by atoms with Crippen molar-refractivity contribution >= 4 is 33.1 Å². The molecule has 12 heteroatoms. The summed E-state index contributed by atoms with van der Waals surface area (Å²) in [5, 5.41) is 9.43.